The molecule has 1 aromatic carbocycles. The maximum atomic E-state index is 11.5. The van der Waals surface area contributed by atoms with Crippen LogP contribution in [-0.4, -0.2) is 22.4 Å². The fraction of sp³-hybridized carbons (Fsp3) is 0.533. The lowest BCUT2D eigenvalue weighted by molar-refractivity contribution is 0.0694. The molecule has 1 aromatic rings. The van der Waals surface area contributed by atoms with Crippen LogP contribution in [0.15, 0.2) is 23.1 Å². The van der Waals surface area contributed by atoms with Gasteiger partial charge in [-0.3, -0.25) is 0 Å². The van der Waals surface area contributed by atoms with Crippen molar-refractivity contribution in [1.29, 1.82) is 0 Å². The summed E-state index contributed by atoms with van der Waals surface area (Å²) >= 11 is 1.58. The van der Waals surface area contributed by atoms with E-state index in [4.69, 9.17) is 0 Å². The molecule has 0 amide bonds. The fourth-order valence-electron chi connectivity index (χ4n) is 2.74. The Bertz CT molecular complexity index is 467. The van der Waals surface area contributed by atoms with E-state index in [0.717, 1.165) is 29.2 Å². The molecule has 3 nitrogen and oxygen atoms in total. The van der Waals surface area contributed by atoms with Crippen LogP contribution in [0.3, 0.4) is 0 Å². The molecule has 1 fully saturated rings. The number of aromatic carboxylic acids is 1. The number of nitrogens with one attached hydrogen (secondary N) is 1. The van der Waals surface area contributed by atoms with Gasteiger partial charge in [0.1, 0.15) is 0 Å². The lowest BCUT2D eigenvalue weighted by Gasteiger charge is -2.28. The van der Waals surface area contributed by atoms with Gasteiger partial charge in [-0.05, 0) is 37.7 Å². The van der Waals surface area contributed by atoms with Crippen LogP contribution in [0.25, 0.3) is 0 Å². The molecule has 104 valence electrons. The molecule has 0 unspecified atom stereocenters. The molecule has 0 aromatic heterocycles. The minimum absolute atomic E-state index is 0.0414. The second-order valence-electron chi connectivity index (χ2n) is 5.31. The molecule has 19 heavy (non-hydrogen) atoms. The Hall–Kier alpha value is -1.16. The maximum Gasteiger partial charge on any atom is 0.338 e. The zero-order valence-electron chi connectivity index (χ0n) is 11.5. The second kappa shape index (κ2) is 5.87. The van der Waals surface area contributed by atoms with E-state index in [2.05, 4.69) is 12.2 Å². The van der Waals surface area contributed by atoms with Gasteiger partial charge < -0.3 is 10.4 Å². The van der Waals surface area contributed by atoms with Gasteiger partial charge in [0, 0.05) is 10.4 Å². The number of rotatable bonds is 5. The highest BCUT2D eigenvalue weighted by atomic mass is 32.2. The Morgan fingerprint density at radius 3 is 2.68 bits per heavy atom. The summed E-state index contributed by atoms with van der Waals surface area (Å²) in [6, 6.07) is 5.71. The van der Waals surface area contributed by atoms with E-state index >= 15 is 0 Å². The fourth-order valence-corrected chi connectivity index (χ4v) is 3.56. The van der Waals surface area contributed by atoms with Crippen LogP contribution in [0.1, 0.15) is 49.9 Å². The average Bonchev–Trinajstić information content (AvgIpc) is 2.76. The predicted molar refractivity (Wildman–Crippen MR) is 80.3 cm³/mol. The van der Waals surface area contributed by atoms with E-state index in [1.165, 1.54) is 12.8 Å². The molecular weight excluding hydrogens is 258 g/mol. The quantitative estimate of drug-likeness (QED) is 0.791. The number of anilines is 1. The Morgan fingerprint density at radius 2 is 2.11 bits per heavy atom. The molecule has 0 spiro atoms. The van der Waals surface area contributed by atoms with Gasteiger partial charge in [-0.2, -0.15) is 0 Å². The highest BCUT2D eigenvalue weighted by Crippen LogP contribution is 2.36. The van der Waals surface area contributed by atoms with Crippen LogP contribution in [0.5, 0.6) is 0 Å². The van der Waals surface area contributed by atoms with Gasteiger partial charge in [-0.1, -0.05) is 25.8 Å². The highest BCUT2D eigenvalue weighted by Gasteiger charge is 2.30. The monoisotopic (exact) mass is 279 g/mol. The molecule has 0 aliphatic heterocycles. The first kappa shape index (κ1) is 14.3. The van der Waals surface area contributed by atoms with E-state index in [9.17, 15) is 9.90 Å². The topological polar surface area (TPSA) is 49.3 Å². The lowest BCUT2D eigenvalue weighted by atomic mass is 9.99. The van der Waals surface area contributed by atoms with Crippen molar-refractivity contribution >= 4 is 23.4 Å². The third kappa shape index (κ3) is 3.24. The molecule has 0 saturated heterocycles. The highest BCUT2D eigenvalue weighted by molar-refractivity contribution is 7.99. The number of thioether (sulfide) groups is 1. The van der Waals surface area contributed by atoms with Crippen molar-refractivity contribution < 1.29 is 9.90 Å². The molecule has 1 aliphatic rings. The van der Waals surface area contributed by atoms with Crippen molar-refractivity contribution in [1.82, 2.24) is 0 Å². The molecule has 4 heteroatoms. The standard InChI is InChI=1S/C15H21NO2S/c1-3-19-12-8-6-7-11(13(12)14(17)18)16-15(2)9-4-5-10-15/h6-8,16H,3-5,9-10H2,1-2H3,(H,17,18). The molecule has 0 heterocycles. The first-order chi connectivity index (χ1) is 9.06. The number of carboxylic acid groups (broad SMARTS) is 1. The van der Waals surface area contributed by atoms with Crippen LogP contribution < -0.4 is 5.32 Å². The van der Waals surface area contributed by atoms with Crippen LogP contribution in [0.2, 0.25) is 0 Å². The largest absolute Gasteiger partial charge is 0.478 e. The molecule has 1 aliphatic carbocycles. The Balaban J connectivity index is 2.33. The minimum atomic E-state index is -0.847. The molecule has 0 atom stereocenters. The molecular formula is C15H21NO2S. The molecule has 1 saturated carbocycles. The predicted octanol–water partition coefficient (Wildman–Crippen LogP) is 4.24. The lowest BCUT2D eigenvalue weighted by Crippen LogP contribution is -2.31. The van der Waals surface area contributed by atoms with Gasteiger partial charge in [0.2, 0.25) is 0 Å². The summed E-state index contributed by atoms with van der Waals surface area (Å²) in [7, 11) is 0. The molecule has 2 rings (SSSR count). The first-order valence-corrected chi connectivity index (χ1v) is 7.81. The van der Waals surface area contributed by atoms with Gasteiger partial charge in [0.05, 0.1) is 11.3 Å². The minimum Gasteiger partial charge on any atom is -0.478 e. The number of carboxylic acids is 1. The van der Waals surface area contributed by atoms with Crippen LogP contribution in [-0.2, 0) is 0 Å². The number of carbonyl (C=O) groups is 1. The third-order valence-electron chi connectivity index (χ3n) is 3.68. The summed E-state index contributed by atoms with van der Waals surface area (Å²) in [6.07, 6.45) is 4.65. The van der Waals surface area contributed by atoms with E-state index < -0.39 is 5.97 Å². The van der Waals surface area contributed by atoms with E-state index in [-0.39, 0.29) is 5.54 Å². The van der Waals surface area contributed by atoms with Crippen LogP contribution in [0.4, 0.5) is 5.69 Å². The second-order valence-corrected chi connectivity index (χ2v) is 6.62. The van der Waals surface area contributed by atoms with Crippen molar-refractivity contribution in [3.8, 4) is 0 Å². The molecule has 0 radical (unpaired) electrons. The SMILES string of the molecule is CCSc1cccc(NC2(C)CCCC2)c1C(=O)O. The summed E-state index contributed by atoms with van der Waals surface area (Å²) in [5, 5.41) is 12.9. The smallest absolute Gasteiger partial charge is 0.338 e. The summed E-state index contributed by atoms with van der Waals surface area (Å²) in [5.41, 5.74) is 1.22. The van der Waals surface area contributed by atoms with Crippen molar-refractivity contribution in [3.63, 3.8) is 0 Å². The van der Waals surface area contributed by atoms with E-state index in [0.29, 0.717) is 5.56 Å². The summed E-state index contributed by atoms with van der Waals surface area (Å²) < 4.78 is 0. The van der Waals surface area contributed by atoms with Crippen LogP contribution >= 0.6 is 11.8 Å². The van der Waals surface area contributed by atoms with Gasteiger partial charge in [0.25, 0.3) is 0 Å². The molecule has 2 N–H and O–H groups in total. The van der Waals surface area contributed by atoms with E-state index in [1.807, 2.05) is 25.1 Å². The van der Waals surface area contributed by atoms with E-state index in [1.54, 1.807) is 11.8 Å². The van der Waals surface area contributed by atoms with Gasteiger partial charge in [-0.25, -0.2) is 4.79 Å². The first-order valence-electron chi connectivity index (χ1n) is 6.83. The number of benzene rings is 1. The normalized spacial score (nSPS) is 17.4. The van der Waals surface area contributed by atoms with Crippen molar-refractivity contribution in [2.75, 3.05) is 11.1 Å². The zero-order valence-corrected chi connectivity index (χ0v) is 12.3. The van der Waals surface area contributed by atoms with Crippen molar-refractivity contribution in [2.45, 2.75) is 50.0 Å². The number of hydrogen-bond acceptors (Lipinski definition) is 3. The molecule has 0 bridgehead atoms. The van der Waals surface area contributed by atoms with Gasteiger partial charge in [0.15, 0.2) is 0 Å². The zero-order chi connectivity index (χ0) is 13.9. The van der Waals surface area contributed by atoms with Crippen molar-refractivity contribution in [2.24, 2.45) is 0 Å². The maximum absolute atomic E-state index is 11.5. The van der Waals surface area contributed by atoms with Crippen LogP contribution in [0, 0.1) is 0 Å². The van der Waals surface area contributed by atoms with Gasteiger partial charge >= 0.3 is 5.97 Å². The summed E-state index contributed by atoms with van der Waals surface area (Å²) in [4.78, 5) is 12.4. The van der Waals surface area contributed by atoms with Crippen molar-refractivity contribution in [3.05, 3.63) is 23.8 Å². The Labute approximate surface area is 118 Å². The van der Waals surface area contributed by atoms with Gasteiger partial charge in [-0.15, -0.1) is 11.8 Å². The third-order valence-corrected chi connectivity index (χ3v) is 4.62. The average molecular weight is 279 g/mol. The number of hydrogen-bond donors (Lipinski definition) is 2. The summed E-state index contributed by atoms with van der Waals surface area (Å²) in [6.45, 7) is 4.22. The summed E-state index contributed by atoms with van der Waals surface area (Å²) in [5.74, 6) is 0.0294. The Morgan fingerprint density at radius 1 is 1.42 bits per heavy atom. The Kier molecular flexibility index (Phi) is 4.40.